The SMILES string of the molecule is CN=C(NCCCS(=O)(=O)c1ccccc1)N1CCOC(c2ccc(C)cc2C)C1. The molecular weight excluding hydrogens is 398 g/mol. The van der Waals surface area contributed by atoms with Crippen LogP contribution in [0.15, 0.2) is 58.4 Å². The van der Waals surface area contributed by atoms with Crippen molar-refractivity contribution < 1.29 is 13.2 Å². The Kier molecular flexibility index (Phi) is 7.50. The van der Waals surface area contributed by atoms with Gasteiger partial charge in [0.25, 0.3) is 0 Å². The highest BCUT2D eigenvalue weighted by Gasteiger charge is 2.25. The maximum absolute atomic E-state index is 12.4. The van der Waals surface area contributed by atoms with Crippen molar-refractivity contribution >= 4 is 15.8 Å². The lowest BCUT2D eigenvalue weighted by atomic mass is 10.00. The van der Waals surface area contributed by atoms with Gasteiger partial charge in [-0.3, -0.25) is 4.99 Å². The molecule has 1 aliphatic rings. The van der Waals surface area contributed by atoms with E-state index < -0.39 is 9.84 Å². The van der Waals surface area contributed by atoms with Crippen molar-refractivity contribution in [1.82, 2.24) is 10.2 Å². The number of ether oxygens (including phenoxy) is 1. The largest absolute Gasteiger partial charge is 0.370 e. The molecule has 2 aromatic rings. The first-order valence-electron chi connectivity index (χ1n) is 10.3. The second kappa shape index (κ2) is 10.1. The molecule has 30 heavy (non-hydrogen) atoms. The van der Waals surface area contributed by atoms with Crippen molar-refractivity contribution in [2.45, 2.75) is 31.3 Å². The van der Waals surface area contributed by atoms with Gasteiger partial charge >= 0.3 is 0 Å². The third-order valence-corrected chi connectivity index (χ3v) is 7.14. The van der Waals surface area contributed by atoms with Gasteiger partial charge in [0.05, 0.1) is 23.8 Å². The molecule has 0 aliphatic carbocycles. The lowest BCUT2D eigenvalue weighted by molar-refractivity contribution is -0.00830. The molecule has 1 N–H and O–H groups in total. The monoisotopic (exact) mass is 429 g/mol. The highest BCUT2D eigenvalue weighted by molar-refractivity contribution is 7.91. The molecule has 1 atom stereocenters. The molecule has 1 unspecified atom stereocenters. The molecular formula is C23H31N3O3S. The van der Waals surface area contributed by atoms with Crippen LogP contribution in [0.1, 0.15) is 29.2 Å². The van der Waals surface area contributed by atoms with Gasteiger partial charge in [-0.1, -0.05) is 42.0 Å². The van der Waals surface area contributed by atoms with Crippen molar-refractivity contribution in [3.63, 3.8) is 0 Å². The van der Waals surface area contributed by atoms with Crippen LogP contribution < -0.4 is 5.32 Å². The number of sulfone groups is 1. The number of morpholine rings is 1. The molecule has 1 heterocycles. The normalized spacial score (nSPS) is 17.8. The molecule has 3 rings (SSSR count). The summed E-state index contributed by atoms with van der Waals surface area (Å²) in [4.78, 5) is 6.95. The molecule has 0 aromatic heterocycles. The van der Waals surface area contributed by atoms with E-state index in [0.717, 1.165) is 12.5 Å². The summed E-state index contributed by atoms with van der Waals surface area (Å²) in [6.07, 6.45) is 0.512. The fraction of sp³-hybridized carbons (Fsp3) is 0.435. The van der Waals surface area contributed by atoms with Crippen LogP contribution in [0.5, 0.6) is 0 Å². The summed E-state index contributed by atoms with van der Waals surface area (Å²) < 4.78 is 30.9. The third kappa shape index (κ3) is 5.61. The van der Waals surface area contributed by atoms with Crippen LogP contribution in [0.25, 0.3) is 0 Å². The Bertz CT molecular complexity index is 974. The minimum absolute atomic E-state index is 0.00337. The van der Waals surface area contributed by atoms with E-state index in [0.29, 0.717) is 31.0 Å². The first-order valence-corrected chi connectivity index (χ1v) is 12.0. The highest BCUT2D eigenvalue weighted by Crippen LogP contribution is 2.25. The van der Waals surface area contributed by atoms with E-state index in [9.17, 15) is 8.42 Å². The molecule has 0 amide bonds. The molecule has 162 valence electrons. The zero-order chi connectivity index (χ0) is 21.6. The number of benzene rings is 2. The Labute approximate surface area is 179 Å². The van der Waals surface area contributed by atoms with Gasteiger partial charge in [-0.05, 0) is 43.5 Å². The predicted molar refractivity (Wildman–Crippen MR) is 121 cm³/mol. The fourth-order valence-electron chi connectivity index (χ4n) is 3.76. The van der Waals surface area contributed by atoms with E-state index in [2.05, 4.69) is 47.3 Å². The molecule has 2 aromatic carbocycles. The maximum Gasteiger partial charge on any atom is 0.193 e. The van der Waals surface area contributed by atoms with Gasteiger partial charge in [0.2, 0.25) is 0 Å². The van der Waals surface area contributed by atoms with Crippen LogP contribution >= 0.6 is 0 Å². The number of rotatable bonds is 6. The Balaban J connectivity index is 1.54. The van der Waals surface area contributed by atoms with Crippen molar-refractivity contribution in [2.75, 3.05) is 39.0 Å². The van der Waals surface area contributed by atoms with Crippen LogP contribution in [0, 0.1) is 13.8 Å². The maximum atomic E-state index is 12.4. The summed E-state index contributed by atoms with van der Waals surface area (Å²) in [5.74, 6) is 0.889. The van der Waals surface area contributed by atoms with E-state index in [1.807, 2.05) is 6.07 Å². The number of guanidine groups is 1. The first-order chi connectivity index (χ1) is 14.4. The minimum atomic E-state index is -3.26. The second-order valence-electron chi connectivity index (χ2n) is 7.62. The first kappa shape index (κ1) is 22.3. The number of nitrogens with one attached hydrogen (secondary N) is 1. The van der Waals surface area contributed by atoms with E-state index in [-0.39, 0.29) is 11.9 Å². The summed E-state index contributed by atoms with van der Waals surface area (Å²) in [6, 6.07) is 15.0. The van der Waals surface area contributed by atoms with Gasteiger partial charge < -0.3 is 15.0 Å². The third-order valence-electron chi connectivity index (χ3n) is 5.33. The van der Waals surface area contributed by atoms with Gasteiger partial charge in [0.15, 0.2) is 15.8 Å². The van der Waals surface area contributed by atoms with E-state index >= 15 is 0 Å². The molecule has 1 fully saturated rings. The summed E-state index contributed by atoms with van der Waals surface area (Å²) in [7, 11) is -1.50. The minimum Gasteiger partial charge on any atom is -0.370 e. The van der Waals surface area contributed by atoms with Crippen molar-refractivity contribution in [3.05, 3.63) is 65.2 Å². The summed E-state index contributed by atoms with van der Waals surface area (Å²) in [5.41, 5.74) is 3.68. The van der Waals surface area contributed by atoms with Crippen LogP contribution in [0.3, 0.4) is 0 Å². The number of hydrogen-bond acceptors (Lipinski definition) is 4. The fourth-order valence-corrected chi connectivity index (χ4v) is 5.09. The van der Waals surface area contributed by atoms with Crippen LogP contribution in [-0.2, 0) is 14.6 Å². The molecule has 1 aliphatic heterocycles. The van der Waals surface area contributed by atoms with Gasteiger partial charge in [0, 0.05) is 20.1 Å². The summed E-state index contributed by atoms with van der Waals surface area (Å²) in [6.45, 7) is 6.85. The molecule has 6 nitrogen and oxygen atoms in total. The van der Waals surface area contributed by atoms with Gasteiger partial charge in [0.1, 0.15) is 6.10 Å². The quantitative estimate of drug-likeness (QED) is 0.434. The highest BCUT2D eigenvalue weighted by atomic mass is 32.2. The van der Waals surface area contributed by atoms with Crippen molar-refractivity contribution in [3.8, 4) is 0 Å². The van der Waals surface area contributed by atoms with E-state index in [1.54, 1.807) is 31.3 Å². The van der Waals surface area contributed by atoms with Crippen molar-refractivity contribution in [2.24, 2.45) is 4.99 Å². The van der Waals surface area contributed by atoms with E-state index in [4.69, 9.17) is 4.74 Å². The Morgan fingerprint density at radius 3 is 2.67 bits per heavy atom. The zero-order valence-electron chi connectivity index (χ0n) is 18.0. The molecule has 7 heteroatoms. The molecule has 0 saturated carbocycles. The molecule has 0 radical (unpaired) electrons. The van der Waals surface area contributed by atoms with Gasteiger partial charge in [-0.25, -0.2) is 8.42 Å². The molecule has 0 bridgehead atoms. The number of aryl methyl sites for hydroxylation is 2. The van der Waals surface area contributed by atoms with Crippen LogP contribution in [-0.4, -0.2) is 58.3 Å². The van der Waals surface area contributed by atoms with E-state index in [1.165, 1.54) is 16.7 Å². The average Bonchev–Trinajstić information content (AvgIpc) is 2.74. The van der Waals surface area contributed by atoms with Gasteiger partial charge in [-0.15, -0.1) is 0 Å². The Morgan fingerprint density at radius 1 is 1.20 bits per heavy atom. The summed E-state index contributed by atoms with van der Waals surface area (Å²) in [5, 5.41) is 3.31. The number of nitrogens with zero attached hydrogens (tertiary/aromatic N) is 2. The average molecular weight is 430 g/mol. The standard InChI is InChI=1S/C23H31N3O3S/c1-18-10-11-21(19(2)16-18)22-17-26(13-14-29-22)23(24-3)25-12-7-15-30(27,28)20-8-5-4-6-9-20/h4-6,8-11,16,22H,7,12-15,17H2,1-3H3,(H,24,25). The second-order valence-corrected chi connectivity index (χ2v) is 9.73. The zero-order valence-corrected chi connectivity index (χ0v) is 18.8. The van der Waals surface area contributed by atoms with Crippen molar-refractivity contribution in [1.29, 1.82) is 0 Å². The van der Waals surface area contributed by atoms with Gasteiger partial charge in [-0.2, -0.15) is 0 Å². The Morgan fingerprint density at radius 2 is 1.97 bits per heavy atom. The smallest absolute Gasteiger partial charge is 0.193 e. The predicted octanol–water partition coefficient (Wildman–Crippen LogP) is 3.12. The number of aliphatic imine (C=N–C) groups is 1. The summed E-state index contributed by atoms with van der Waals surface area (Å²) >= 11 is 0. The number of hydrogen-bond donors (Lipinski definition) is 1. The lowest BCUT2D eigenvalue weighted by Crippen LogP contribution is -2.48. The van der Waals surface area contributed by atoms with Crippen LogP contribution in [0.4, 0.5) is 0 Å². The lowest BCUT2D eigenvalue weighted by Gasteiger charge is -2.35. The topological polar surface area (TPSA) is 71.0 Å². The van der Waals surface area contributed by atoms with Crippen LogP contribution in [0.2, 0.25) is 0 Å². The molecule has 0 spiro atoms. The molecule has 1 saturated heterocycles. The Hall–Kier alpha value is -2.38.